The highest BCUT2D eigenvalue weighted by atomic mass is 35.5. The van der Waals surface area contributed by atoms with E-state index in [1.54, 1.807) is 4.68 Å². The van der Waals surface area contributed by atoms with Crippen molar-refractivity contribution in [1.29, 1.82) is 0 Å². The van der Waals surface area contributed by atoms with Gasteiger partial charge in [-0.3, -0.25) is 0 Å². The highest BCUT2D eigenvalue weighted by Gasteiger charge is 2.21. The Hall–Kier alpha value is -1.43. The second kappa shape index (κ2) is 5.06. The Morgan fingerprint density at radius 2 is 2.17 bits per heavy atom. The third-order valence-corrected chi connectivity index (χ3v) is 2.54. The summed E-state index contributed by atoms with van der Waals surface area (Å²) in [5, 5.41) is 11.9. The van der Waals surface area contributed by atoms with Gasteiger partial charge in [-0.1, -0.05) is 31.1 Å². The Bertz CT molecular complexity index is 513. The van der Waals surface area contributed by atoms with Crippen LogP contribution in [0.25, 0.3) is 0 Å². The first-order valence-corrected chi connectivity index (χ1v) is 6.30. The first-order valence-electron chi connectivity index (χ1n) is 5.77. The number of alkyl halides is 1. The molecule has 0 atom stereocenters. The summed E-state index contributed by atoms with van der Waals surface area (Å²) in [6, 6.07) is 0. The SMILES string of the molecule is CC(C)(C)c1nc(Cn2cc(CCCl)nn2)no1. The molecule has 0 spiro atoms. The smallest absolute Gasteiger partial charge is 0.232 e. The van der Waals surface area contributed by atoms with Crippen LogP contribution in [0, 0.1) is 0 Å². The summed E-state index contributed by atoms with van der Waals surface area (Å²) < 4.78 is 6.89. The van der Waals surface area contributed by atoms with Crippen LogP contribution in [-0.2, 0) is 18.4 Å². The van der Waals surface area contributed by atoms with Crippen LogP contribution in [-0.4, -0.2) is 31.0 Å². The average Bonchev–Trinajstić information content (AvgIpc) is 2.88. The molecule has 0 bridgehead atoms. The van der Waals surface area contributed by atoms with Gasteiger partial charge in [-0.25, -0.2) is 4.68 Å². The fourth-order valence-corrected chi connectivity index (χ4v) is 1.59. The van der Waals surface area contributed by atoms with E-state index < -0.39 is 0 Å². The molecule has 0 aliphatic rings. The van der Waals surface area contributed by atoms with E-state index in [9.17, 15) is 0 Å². The largest absolute Gasteiger partial charge is 0.339 e. The maximum atomic E-state index is 5.64. The molecule has 2 aromatic rings. The van der Waals surface area contributed by atoms with E-state index in [-0.39, 0.29) is 5.41 Å². The molecule has 7 heteroatoms. The zero-order chi connectivity index (χ0) is 13.2. The highest BCUT2D eigenvalue weighted by molar-refractivity contribution is 6.17. The molecule has 0 aliphatic carbocycles. The third-order valence-electron chi connectivity index (χ3n) is 2.35. The standard InChI is InChI=1S/C11H16ClN5O/c1-11(2,3)10-13-9(15-18-10)7-17-6-8(4-5-12)14-16-17/h6H,4-5,7H2,1-3H3. The normalized spacial score (nSPS) is 12.0. The van der Waals surface area contributed by atoms with Gasteiger partial charge in [0.25, 0.3) is 0 Å². The molecule has 6 nitrogen and oxygen atoms in total. The van der Waals surface area contributed by atoms with E-state index in [0.29, 0.717) is 30.6 Å². The summed E-state index contributed by atoms with van der Waals surface area (Å²) in [4.78, 5) is 4.34. The molecule has 2 rings (SSSR count). The van der Waals surface area contributed by atoms with E-state index in [1.165, 1.54) is 0 Å². The van der Waals surface area contributed by atoms with E-state index in [2.05, 4.69) is 20.5 Å². The lowest BCUT2D eigenvalue weighted by molar-refractivity contribution is 0.317. The van der Waals surface area contributed by atoms with Crippen LogP contribution in [0.5, 0.6) is 0 Å². The molecule has 0 saturated carbocycles. The summed E-state index contributed by atoms with van der Waals surface area (Å²) in [6.45, 7) is 6.53. The molecule has 0 unspecified atom stereocenters. The fourth-order valence-electron chi connectivity index (χ4n) is 1.39. The van der Waals surface area contributed by atoms with Crippen molar-refractivity contribution in [2.24, 2.45) is 0 Å². The van der Waals surface area contributed by atoms with Gasteiger partial charge in [-0.15, -0.1) is 16.7 Å². The number of hydrogen-bond donors (Lipinski definition) is 0. The topological polar surface area (TPSA) is 69.6 Å². The van der Waals surface area contributed by atoms with Crippen molar-refractivity contribution >= 4 is 11.6 Å². The zero-order valence-electron chi connectivity index (χ0n) is 10.7. The second-order valence-electron chi connectivity index (χ2n) is 5.11. The van der Waals surface area contributed by atoms with Crippen LogP contribution in [0.15, 0.2) is 10.7 Å². The van der Waals surface area contributed by atoms with Gasteiger partial charge in [-0.05, 0) is 0 Å². The minimum atomic E-state index is -0.141. The Morgan fingerprint density at radius 3 is 2.78 bits per heavy atom. The van der Waals surface area contributed by atoms with E-state index in [1.807, 2.05) is 27.0 Å². The van der Waals surface area contributed by atoms with Crippen LogP contribution in [0.2, 0.25) is 0 Å². The van der Waals surface area contributed by atoms with Crippen molar-refractivity contribution in [1.82, 2.24) is 25.1 Å². The molecule has 0 saturated heterocycles. The highest BCUT2D eigenvalue weighted by Crippen LogP contribution is 2.19. The molecule has 18 heavy (non-hydrogen) atoms. The van der Waals surface area contributed by atoms with Gasteiger partial charge < -0.3 is 4.52 Å². The summed E-state index contributed by atoms with van der Waals surface area (Å²) in [7, 11) is 0. The minimum absolute atomic E-state index is 0.141. The van der Waals surface area contributed by atoms with E-state index in [0.717, 1.165) is 5.69 Å². The summed E-state index contributed by atoms with van der Waals surface area (Å²) >= 11 is 5.64. The van der Waals surface area contributed by atoms with Gasteiger partial charge in [0, 0.05) is 23.9 Å². The zero-order valence-corrected chi connectivity index (χ0v) is 11.5. The van der Waals surface area contributed by atoms with Crippen molar-refractivity contribution in [3.63, 3.8) is 0 Å². The predicted molar refractivity (Wildman–Crippen MR) is 66.5 cm³/mol. The number of hydrogen-bond acceptors (Lipinski definition) is 5. The van der Waals surface area contributed by atoms with Crippen molar-refractivity contribution in [3.8, 4) is 0 Å². The Labute approximate surface area is 110 Å². The summed E-state index contributed by atoms with van der Waals surface area (Å²) in [5.74, 6) is 1.76. The molecular weight excluding hydrogens is 254 g/mol. The molecule has 98 valence electrons. The molecule has 0 aliphatic heterocycles. The summed E-state index contributed by atoms with van der Waals surface area (Å²) in [6.07, 6.45) is 2.55. The maximum absolute atomic E-state index is 5.64. The van der Waals surface area contributed by atoms with Crippen LogP contribution in [0.1, 0.15) is 38.2 Å². The second-order valence-corrected chi connectivity index (χ2v) is 5.49. The van der Waals surface area contributed by atoms with E-state index in [4.69, 9.17) is 16.1 Å². The van der Waals surface area contributed by atoms with Crippen LogP contribution < -0.4 is 0 Å². The molecule has 2 aromatic heterocycles. The molecule has 0 amide bonds. The molecular formula is C11H16ClN5O. The lowest BCUT2D eigenvalue weighted by Crippen LogP contribution is -2.12. The van der Waals surface area contributed by atoms with Crippen molar-refractivity contribution in [2.45, 2.75) is 39.2 Å². The van der Waals surface area contributed by atoms with Crippen molar-refractivity contribution < 1.29 is 4.52 Å². The first-order chi connectivity index (χ1) is 8.49. The number of aromatic nitrogens is 5. The molecule has 0 N–H and O–H groups in total. The monoisotopic (exact) mass is 269 g/mol. The Morgan fingerprint density at radius 1 is 1.39 bits per heavy atom. The van der Waals surface area contributed by atoms with Gasteiger partial charge in [0.15, 0.2) is 5.82 Å². The van der Waals surface area contributed by atoms with Crippen LogP contribution in [0.4, 0.5) is 0 Å². The fraction of sp³-hybridized carbons (Fsp3) is 0.636. The lowest BCUT2D eigenvalue weighted by atomic mass is 9.97. The molecule has 0 fully saturated rings. The van der Waals surface area contributed by atoms with E-state index >= 15 is 0 Å². The predicted octanol–water partition coefficient (Wildman–Crippen LogP) is 1.79. The lowest BCUT2D eigenvalue weighted by Gasteiger charge is -2.10. The van der Waals surface area contributed by atoms with Gasteiger partial charge in [0.2, 0.25) is 5.89 Å². The van der Waals surface area contributed by atoms with Gasteiger partial charge >= 0.3 is 0 Å². The molecule has 0 radical (unpaired) electrons. The van der Waals surface area contributed by atoms with Crippen molar-refractivity contribution in [3.05, 3.63) is 23.6 Å². The first kappa shape index (κ1) is 13.0. The molecule has 0 aromatic carbocycles. The van der Waals surface area contributed by atoms with Crippen LogP contribution in [0.3, 0.4) is 0 Å². The number of nitrogens with zero attached hydrogens (tertiary/aromatic N) is 5. The summed E-state index contributed by atoms with van der Waals surface area (Å²) in [5.41, 5.74) is 0.724. The number of rotatable bonds is 4. The maximum Gasteiger partial charge on any atom is 0.232 e. The number of aryl methyl sites for hydroxylation is 1. The van der Waals surface area contributed by atoms with Crippen LogP contribution >= 0.6 is 11.6 Å². The molecule has 2 heterocycles. The minimum Gasteiger partial charge on any atom is -0.339 e. The van der Waals surface area contributed by atoms with Gasteiger partial charge in [0.05, 0.1) is 5.69 Å². The van der Waals surface area contributed by atoms with Crippen molar-refractivity contribution in [2.75, 3.05) is 5.88 Å². The number of halogens is 1. The quantitative estimate of drug-likeness (QED) is 0.792. The Balaban J connectivity index is 2.06. The van der Waals surface area contributed by atoms with Gasteiger partial charge in [-0.2, -0.15) is 4.98 Å². The Kier molecular flexibility index (Phi) is 3.65. The third kappa shape index (κ3) is 3.07. The van der Waals surface area contributed by atoms with Gasteiger partial charge in [0.1, 0.15) is 6.54 Å². The average molecular weight is 270 g/mol.